The molecular weight excluding hydrogens is 1030 g/mol. The first-order valence-electron chi connectivity index (χ1n) is 18.7. The summed E-state index contributed by atoms with van der Waals surface area (Å²) in [6, 6.07) is 30.5. The summed E-state index contributed by atoms with van der Waals surface area (Å²) < 4.78 is 33.4. The van der Waals surface area contributed by atoms with E-state index in [2.05, 4.69) is 33.3 Å². The first-order valence-corrected chi connectivity index (χ1v) is 22.1. The molecule has 0 saturated heterocycles. The third-order valence-corrected chi connectivity index (χ3v) is 8.78. The molecule has 69 heavy (non-hydrogen) atoms. The van der Waals surface area contributed by atoms with E-state index < -0.39 is 15.8 Å². The molecule has 376 valence electrons. The number of benzene rings is 4. The van der Waals surface area contributed by atoms with Gasteiger partial charge in [0.15, 0.2) is 12.1 Å². The molecule has 0 amide bonds. The van der Waals surface area contributed by atoms with Crippen molar-refractivity contribution in [1.29, 1.82) is 5.26 Å². The van der Waals surface area contributed by atoms with Crippen LogP contribution in [0.4, 0.5) is 11.6 Å². The number of halogens is 5. The largest absolute Gasteiger partial charge is 1.00 e. The van der Waals surface area contributed by atoms with Crippen LogP contribution in [0.1, 0.15) is 22.4 Å². The van der Waals surface area contributed by atoms with Crippen LogP contribution in [0.2, 0.25) is 20.1 Å². The van der Waals surface area contributed by atoms with Gasteiger partial charge in [-0.25, -0.2) is 4.98 Å². The second kappa shape index (κ2) is 51.2. The number of hydrogen-bond acceptors (Lipinski definition) is 16. The number of aldehydes is 2. The SMILES string of the molecule is C=CC=O.CN.CN=CC(Cc1ccccc1Cl)NC.CO.Cn1c(Cc2ccccc2Cl)cnc1N.N#CN.Nc1ccccc1Cl.O=CC(Cl)Cc1ccccc1Cl.O=N[O-].O=S(=O)(O)O.[Na+]. The molecule has 1 heterocycles. The minimum absolute atomic E-state index is 0. The van der Waals surface area contributed by atoms with E-state index >= 15 is 0 Å². The molecule has 19 nitrogen and oxygen atoms in total. The minimum atomic E-state index is -4.67. The number of rotatable bonds is 10. The molecule has 0 aliphatic heterocycles. The predicted molar refractivity (Wildman–Crippen MR) is 279 cm³/mol. The van der Waals surface area contributed by atoms with Crippen LogP contribution in [0.25, 0.3) is 0 Å². The Morgan fingerprint density at radius 3 is 1.48 bits per heavy atom. The molecule has 2 unspecified atom stereocenters. The first kappa shape index (κ1) is 75.8. The number of nitrogens with one attached hydrogen (secondary N) is 1. The van der Waals surface area contributed by atoms with Gasteiger partial charge in [-0.05, 0) is 80.0 Å². The van der Waals surface area contributed by atoms with E-state index in [-0.39, 0.29) is 35.6 Å². The smallest absolute Gasteiger partial charge is 0.444 e. The van der Waals surface area contributed by atoms with Gasteiger partial charge in [0.05, 0.1) is 22.3 Å². The summed E-state index contributed by atoms with van der Waals surface area (Å²) in [5.74, 6) is 0.525. The summed E-state index contributed by atoms with van der Waals surface area (Å²) in [6.45, 7) is 3.11. The number of nitriles is 1. The van der Waals surface area contributed by atoms with Crippen LogP contribution in [0.15, 0.2) is 126 Å². The van der Waals surface area contributed by atoms with E-state index in [9.17, 15) is 4.79 Å². The zero-order chi connectivity index (χ0) is 53.5. The molecule has 0 aliphatic carbocycles. The van der Waals surface area contributed by atoms with Crippen LogP contribution in [0.3, 0.4) is 0 Å². The molecule has 0 bridgehead atoms. The molecule has 2 atom stereocenters. The van der Waals surface area contributed by atoms with Gasteiger partial charge in [0.25, 0.3) is 0 Å². The van der Waals surface area contributed by atoms with Crippen molar-refractivity contribution >= 4 is 98.8 Å². The number of likely N-dealkylation sites (N-methyl/N-ethyl adjacent to an activating group) is 1. The summed E-state index contributed by atoms with van der Waals surface area (Å²) in [6.07, 6.45) is 9.57. The van der Waals surface area contributed by atoms with Gasteiger partial charge in [-0.2, -0.15) is 13.7 Å². The Labute approximate surface area is 451 Å². The molecule has 1 aromatic heterocycles. The van der Waals surface area contributed by atoms with E-state index in [4.69, 9.17) is 112 Å². The van der Waals surface area contributed by atoms with Crippen LogP contribution in [-0.2, 0) is 46.3 Å². The fourth-order valence-electron chi connectivity index (χ4n) is 4.17. The Bertz CT molecular complexity index is 2240. The topological polar surface area (TPSA) is 352 Å². The summed E-state index contributed by atoms with van der Waals surface area (Å²) in [4.78, 5) is 35.3. The number of para-hydroxylation sites is 1. The number of aliphatic imine (C=N–C) groups is 1. The molecule has 4 aromatic carbocycles. The maximum absolute atomic E-state index is 10.2. The molecule has 0 fully saturated rings. The molecule has 0 aliphatic rings. The number of hydrogen-bond donors (Lipinski definition) is 8. The third-order valence-electron chi connectivity index (χ3n) is 7.07. The van der Waals surface area contributed by atoms with Gasteiger partial charge in [0, 0.05) is 60.6 Å². The standard InChI is InChI=1S/C11H12ClN3.C11H15ClN2.C9H8Cl2O.C6H6ClN.C3H4O.CH2N2.CH5N.CH4O.HNO2.Na.H2O4S/c1-15-9(7-14-11(15)13)6-8-4-2-3-5-10(8)12;1-13-8-10(14-2)7-9-5-3-4-6-11(9)12;10-8(6-12)5-7-3-1-2-4-9(7)11;7-5-3-1-2-4-6(5)8;1-2-3-4;2-1-3;2*1-2;2-1-3;;1-5(2,3)4/h2-5,7H,6H2,1H3,(H2,13,14);3-6,8,10,14H,7H2,1-2H3;1-4,6,8H,5H2;1-4H,8H2;2-3H,1H2;2H2;2H2,1H3;2H,1H3;(H,2,3);;(H2,1,2,3,4)/q;;;;;;;;;+1;/p-1. The van der Waals surface area contributed by atoms with Gasteiger partial charge in [-0.1, -0.05) is 120 Å². The monoisotopic (exact) mass is 1090 g/mol. The number of alkyl halides is 1. The van der Waals surface area contributed by atoms with Crippen molar-refractivity contribution in [3.8, 4) is 6.19 Å². The van der Waals surface area contributed by atoms with Gasteiger partial charge in [-0.15, -0.1) is 16.9 Å². The molecule has 0 radical (unpaired) electrons. The molecule has 0 spiro atoms. The van der Waals surface area contributed by atoms with Crippen molar-refractivity contribution in [3.05, 3.63) is 169 Å². The average Bonchev–Trinajstić information content (AvgIpc) is 3.63. The van der Waals surface area contributed by atoms with E-state index in [0.29, 0.717) is 40.7 Å². The molecule has 5 rings (SSSR count). The fraction of sp³-hybridized carbons (Fsp3) is 0.233. The van der Waals surface area contributed by atoms with E-state index in [0.717, 1.165) is 57.7 Å². The number of carbonyl (C=O) groups excluding carboxylic acids is 2. The van der Waals surface area contributed by atoms with Crippen LogP contribution >= 0.6 is 58.0 Å². The van der Waals surface area contributed by atoms with Crippen molar-refractivity contribution in [3.63, 3.8) is 0 Å². The van der Waals surface area contributed by atoms with Crippen LogP contribution in [0, 0.1) is 21.6 Å². The zero-order valence-electron chi connectivity index (χ0n) is 38.7. The zero-order valence-corrected chi connectivity index (χ0v) is 45.3. The van der Waals surface area contributed by atoms with E-state index in [1.54, 1.807) is 31.4 Å². The van der Waals surface area contributed by atoms with Gasteiger partial charge in [-0.3, -0.25) is 18.9 Å². The van der Waals surface area contributed by atoms with Crippen LogP contribution in [-0.4, -0.2) is 90.6 Å². The Hall–Kier alpha value is -4.67. The Morgan fingerprint density at radius 2 is 1.20 bits per heavy atom. The number of carbonyl (C=O) groups is 2. The summed E-state index contributed by atoms with van der Waals surface area (Å²) >= 11 is 29.2. The summed E-state index contributed by atoms with van der Waals surface area (Å²) in [5.41, 5.74) is 24.5. The average molecular weight is 1090 g/mol. The quantitative estimate of drug-likeness (QED) is 0.00809. The summed E-state index contributed by atoms with van der Waals surface area (Å²) in [5, 5.41) is 28.7. The Balaban J connectivity index is -0.000000172. The number of aromatic nitrogens is 2. The maximum atomic E-state index is 10.2. The summed E-state index contributed by atoms with van der Waals surface area (Å²) in [7, 11) is 3.43. The number of allylic oxidation sites excluding steroid dienone is 1. The number of anilines is 2. The van der Waals surface area contributed by atoms with Crippen molar-refractivity contribution in [2.75, 3.05) is 39.7 Å². The third kappa shape index (κ3) is 45.5. The minimum Gasteiger partial charge on any atom is -0.444 e. The normalized spacial score (nSPS) is 9.81. The van der Waals surface area contributed by atoms with Gasteiger partial charge >= 0.3 is 40.0 Å². The van der Waals surface area contributed by atoms with Crippen molar-refractivity contribution in [1.82, 2.24) is 14.9 Å². The van der Waals surface area contributed by atoms with Crippen molar-refractivity contribution < 1.29 is 61.8 Å². The number of nitrogens with zero attached hydrogens (tertiary/aromatic N) is 5. The molecule has 12 N–H and O–H groups in total. The molecule has 5 aromatic rings. The van der Waals surface area contributed by atoms with Gasteiger partial charge < -0.3 is 52.8 Å². The number of nitrogen functional groups attached to an aromatic ring is 2. The molecular formula is C43H58Cl5N10NaO9S. The second-order valence-corrected chi connectivity index (χ2v) is 14.6. The van der Waals surface area contributed by atoms with Crippen LogP contribution < -0.4 is 57.8 Å². The number of imidazole rings is 1. The van der Waals surface area contributed by atoms with E-state index in [1.165, 1.54) is 19.3 Å². The van der Waals surface area contributed by atoms with E-state index in [1.807, 2.05) is 104 Å². The number of aliphatic hydroxyl groups is 1. The van der Waals surface area contributed by atoms with Crippen LogP contribution in [0.5, 0.6) is 0 Å². The van der Waals surface area contributed by atoms with Gasteiger partial charge in [0.1, 0.15) is 12.6 Å². The maximum Gasteiger partial charge on any atom is 1.00 e. The van der Waals surface area contributed by atoms with Crippen molar-refractivity contribution in [2.24, 2.45) is 28.8 Å². The Morgan fingerprint density at radius 1 is 0.855 bits per heavy atom. The number of nitrogens with two attached hydrogens (primary N) is 4. The number of aliphatic hydroxyl groups excluding tert-OH is 1. The predicted octanol–water partition coefficient (Wildman–Crippen LogP) is 4.61. The second-order valence-electron chi connectivity index (χ2n) is 11.5. The fourth-order valence-corrected chi connectivity index (χ4v) is 5.10. The first-order chi connectivity index (χ1) is 32.2. The van der Waals surface area contributed by atoms with Gasteiger partial charge in [0.2, 0.25) is 0 Å². The Kier molecular flexibility index (Phi) is 56.3. The molecule has 26 heteroatoms. The molecule has 0 saturated carbocycles. The van der Waals surface area contributed by atoms with Crippen molar-refractivity contribution in [2.45, 2.75) is 30.7 Å².